The second kappa shape index (κ2) is 9.84. The number of hydrogen-bond acceptors (Lipinski definition) is 7. The largest absolute Gasteiger partial charge is 0.450 e. The molecule has 3 aromatic rings. The van der Waals surface area contributed by atoms with E-state index in [9.17, 15) is 13.2 Å². The number of carbonyl (C=O) groups is 1. The molecule has 174 valence electrons. The van der Waals surface area contributed by atoms with Crippen molar-refractivity contribution in [3.8, 4) is 11.4 Å². The number of alkyl carbamates (subject to hydrolysis) is 1. The summed E-state index contributed by atoms with van der Waals surface area (Å²) in [5.74, 6) is 0.726. The molecule has 0 saturated carbocycles. The monoisotopic (exact) mass is 487 g/mol. The van der Waals surface area contributed by atoms with Gasteiger partial charge in [-0.15, -0.1) is 10.2 Å². The number of nitrogens with zero attached hydrogens (tertiary/aromatic N) is 3. The van der Waals surface area contributed by atoms with Gasteiger partial charge in [0.05, 0.1) is 11.5 Å². The molecule has 0 fully saturated rings. The van der Waals surface area contributed by atoms with Gasteiger partial charge in [-0.05, 0) is 43.2 Å². The van der Waals surface area contributed by atoms with Crippen LogP contribution in [-0.4, -0.2) is 47.7 Å². The molecule has 2 aromatic carbocycles. The molecule has 2 heterocycles. The Morgan fingerprint density at radius 1 is 1.21 bits per heavy atom. The fraction of sp³-hybridized carbons (Fsp3) is 0.318. The van der Waals surface area contributed by atoms with Crippen molar-refractivity contribution in [2.24, 2.45) is 0 Å². The number of aromatic nitrogens is 3. The number of ether oxygens (including phenoxy) is 1. The zero-order chi connectivity index (χ0) is 23.4. The highest BCUT2D eigenvalue weighted by atomic mass is 32.2. The highest BCUT2D eigenvalue weighted by Crippen LogP contribution is 2.34. The first-order valence-corrected chi connectivity index (χ1v) is 12.9. The van der Waals surface area contributed by atoms with Crippen LogP contribution in [0.4, 0.5) is 10.5 Å². The van der Waals surface area contributed by atoms with Crippen molar-refractivity contribution in [2.45, 2.75) is 42.1 Å². The van der Waals surface area contributed by atoms with Crippen LogP contribution in [0.2, 0.25) is 0 Å². The van der Waals surface area contributed by atoms with E-state index in [0.29, 0.717) is 30.5 Å². The average Bonchev–Trinajstić information content (AvgIpc) is 3.33. The quantitative estimate of drug-likeness (QED) is 0.499. The standard InChI is InChI=1S/C22H25N5O4S2/c1-3-31-22(28)23-12-11-16-7-9-19(10-8-16)33(29,30)26-18-6-4-5-17(13-18)20-24-25-21-27(20)14-15(2)32-21/h4-10,13,15,26H,3,11-12,14H2,1-2H3,(H,23,28)/t15-/m0/s1. The normalized spacial score (nSPS) is 15.2. The Hall–Kier alpha value is -3.05. The summed E-state index contributed by atoms with van der Waals surface area (Å²) in [7, 11) is -3.76. The van der Waals surface area contributed by atoms with Crippen molar-refractivity contribution in [1.82, 2.24) is 20.1 Å². The maximum atomic E-state index is 12.9. The van der Waals surface area contributed by atoms with Gasteiger partial charge in [-0.3, -0.25) is 4.72 Å². The number of fused-ring (bicyclic) bond motifs is 1. The van der Waals surface area contributed by atoms with Crippen LogP contribution in [0.3, 0.4) is 0 Å². The molecule has 1 aliphatic heterocycles. The van der Waals surface area contributed by atoms with E-state index in [1.54, 1.807) is 61.2 Å². The molecule has 11 heteroatoms. The minimum Gasteiger partial charge on any atom is -0.450 e. The molecule has 0 bridgehead atoms. The number of rotatable bonds is 8. The second-order valence-corrected chi connectivity index (χ2v) is 10.7. The molecule has 1 aliphatic rings. The van der Waals surface area contributed by atoms with Crippen LogP contribution in [0.5, 0.6) is 0 Å². The molecular formula is C22H25N5O4S2. The van der Waals surface area contributed by atoms with E-state index in [1.165, 1.54) is 0 Å². The van der Waals surface area contributed by atoms with Crippen molar-refractivity contribution < 1.29 is 17.9 Å². The van der Waals surface area contributed by atoms with Gasteiger partial charge in [0.2, 0.25) is 0 Å². The molecular weight excluding hydrogens is 462 g/mol. The molecule has 1 amide bonds. The van der Waals surface area contributed by atoms with Crippen LogP contribution in [0.25, 0.3) is 11.4 Å². The molecule has 2 N–H and O–H groups in total. The van der Waals surface area contributed by atoms with Gasteiger partial charge < -0.3 is 14.6 Å². The topological polar surface area (TPSA) is 115 Å². The Morgan fingerprint density at radius 2 is 2.00 bits per heavy atom. The molecule has 0 radical (unpaired) electrons. The fourth-order valence-corrected chi connectivity index (χ4v) is 5.50. The summed E-state index contributed by atoms with van der Waals surface area (Å²) in [4.78, 5) is 11.5. The molecule has 1 atom stereocenters. The number of hydrogen-bond donors (Lipinski definition) is 2. The molecule has 4 rings (SSSR count). The van der Waals surface area contributed by atoms with E-state index in [-0.39, 0.29) is 4.90 Å². The zero-order valence-electron chi connectivity index (χ0n) is 18.3. The number of carbonyl (C=O) groups excluding carboxylic acids is 1. The Kier molecular flexibility index (Phi) is 6.89. The van der Waals surface area contributed by atoms with Crippen molar-refractivity contribution in [2.75, 3.05) is 17.9 Å². The Bertz CT molecular complexity index is 1240. The van der Waals surface area contributed by atoms with Gasteiger partial charge in [0.1, 0.15) is 0 Å². The maximum Gasteiger partial charge on any atom is 0.407 e. The summed E-state index contributed by atoms with van der Waals surface area (Å²) < 4.78 is 35.3. The number of anilines is 1. The Morgan fingerprint density at radius 3 is 2.76 bits per heavy atom. The molecule has 1 aromatic heterocycles. The van der Waals surface area contributed by atoms with Crippen molar-refractivity contribution in [3.63, 3.8) is 0 Å². The second-order valence-electron chi connectivity index (χ2n) is 7.57. The van der Waals surface area contributed by atoms with Crippen molar-refractivity contribution >= 4 is 33.6 Å². The highest BCUT2D eigenvalue weighted by Gasteiger charge is 2.24. The summed E-state index contributed by atoms with van der Waals surface area (Å²) >= 11 is 1.68. The third kappa shape index (κ3) is 5.48. The lowest BCUT2D eigenvalue weighted by Gasteiger charge is -2.11. The summed E-state index contributed by atoms with van der Waals surface area (Å²) in [5, 5.41) is 12.5. The summed E-state index contributed by atoms with van der Waals surface area (Å²) in [6, 6.07) is 13.7. The van der Waals surface area contributed by atoms with Gasteiger partial charge in [-0.2, -0.15) is 0 Å². The van der Waals surface area contributed by atoms with Crippen LogP contribution < -0.4 is 10.0 Å². The summed E-state index contributed by atoms with van der Waals surface area (Å²) in [6.07, 6.45) is 0.0984. The molecule has 9 nitrogen and oxygen atoms in total. The molecule has 33 heavy (non-hydrogen) atoms. The van der Waals surface area contributed by atoms with Gasteiger partial charge in [0.15, 0.2) is 11.0 Å². The van der Waals surface area contributed by atoms with Crippen LogP contribution in [0, 0.1) is 0 Å². The number of benzene rings is 2. The fourth-order valence-electron chi connectivity index (χ4n) is 3.49. The van der Waals surface area contributed by atoms with E-state index in [0.717, 1.165) is 28.7 Å². The molecule has 0 saturated heterocycles. The van der Waals surface area contributed by atoms with Crippen molar-refractivity contribution in [1.29, 1.82) is 0 Å². The van der Waals surface area contributed by atoms with Gasteiger partial charge in [-0.25, -0.2) is 13.2 Å². The first-order valence-electron chi connectivity index (χ1n) is 10.6. The lowest BCUT2D eigenvalue weighted by atomic mass is 10.1. The number of sulfonamides is 1. The van der Waals surface area contributed by atoms with Crippen LogP contribution in [-0.2, 0) is 27.7 Å². The van der Waals surface area contributed by atoms with Gasteiger partial charge in [0, 0.05) is 29.6 Å². The molecule has 0 spiro atoms. The third-order valence-corrected chi connectivity index (χ3v) is 7.49. The van der Waals surface area contributed by atoms with Gasteiger partial charge in [0.25, 0.3) is 10.0 Å². The average molecular weight is 488 g/mol. The van der Waals surface area contributed by atoms with Crippen molar-refractivity contribution in [3.05, 3.63) is 54.1 Å². The SMILES string of the molecule is CCOC(=O)NCCc1ccc(S(=O)(=O)Nc2cccc(-c3nnc4n3C[C@H](C)S4)c2)cc1. The minimum atomic E-state index is -3.76. The van der Waals surface area contributed by atoms with E-state index in [1.807, 2.05) is 6.07 Å². The Labute approximate surface area is 197 Å². The summed E-state index contributed by atoms with van der Waals surface area (Å²) in [5.41, 5.74) is 2.15. The number of thioether (sulfide) groups is 1. The van der Waals surface area contributed by atoms with E-state index in [4.69, 9.17) is 4.74 Å². The van der Waals surface area contributed by atoms with E-state index >= 15 is 0 Å². The van der Waals surface area contributed by atoms with E-state index < -0.39 is 16.1 Å². The lowest BCUT2D eigenvalue weighted by molar-refractivity contribution is 0.152. The maximum absolute atomic E-state index is 12.9. The van der Waals surface area contributed by atoms with E-state index in [2.05, 4.69) is 31.7 Å². The highest BCUT2D eigenvalue weighted by molar-refractivity contribution is 7.99. The minimum absolute atomic E-state index is 0.156. The van der Waals surface area contributed by atoms with Crippen LogP contribution in [0.1, 0.15) is 19.4 Å². The smallest absolute Gasteiger partial charge is 0.407 e. The summed E-state index contributed by atoms with van der Waals surface area (Å²) in [6.45, 7) is 5.41. The number of amides is 1. The number of nitrogens with one attached hydrogen (secondary N) is 2. The van der Waals surface area contributed by atoms with Gasteiger partial charge in [-0.1, -0.05) is 43.0 Å². The first kappa shape index (κ1) is 23.1. The van der Waals surface area contributed by atoms with Crippen LogP contribution in [0.15, 0.2) is 58.6 Å². The van der Waals surface area contributed by atoms with Crippen LogP contribution >= 0.6 is 11.8 Å². The van der Waals surface area contributed by atoms with Gasteiger partial charge >= 0.3 is 6.09 Å². The Balaban J connectivity index is 1.43. The molecule has 0 unspecified atom stereocenters. The predicted molar refractivity (Wildman–Crippen MR) is 127 cm³/mol. The third-order valence-electron chi connectivity index (χ3n) is 5.03. The zero-order valence-corrected chi connectivity index (χ0v) is 19.9. The lowest BCUT2D eigenvalue weighted by Crippen LogP contribution is -2.26. The predicted octanol–water partition coefficient (Wildman–Crippen LogP) is 3.53. The molecule has 0 aliphatic carbocycles. The first-order chi connectivity index (χ1) is 15.9.